The molecule has 0 aromatic rings. The van der Waals surface area contributed by atoms with Crippen LogP contribution in [0.4, 0.5) is 0 Å². The van der Waals surface area contributed by atoms with Gasteiger partial charge in [-0.1, -0.05) is 262 Å². The van der Waals surface area contributed by atoms with E-state index in [-0.39, 0.29) is 31.6 Å². The van der Waals surface area contributed by atoms with E-state index in [4.69, 9.17) is 14.2 Å². The zero-order chi connectivity index (χ0) is 53.6. The lowest BCUT2D eigenvalue weighted by Crippen LogP contribution is -2.30. The van der Waals surface area contributed by atoms with Crippen LogP contribution < -0.4 is 0 Å². The molecule has 0 radical (unpaired) electrons. The predicted molar refractivity (Wildman–Crippen MR) is 320 cm³/mol. The van der Waals surface area contributed by atoms with Crippen molar-refractivity contribution in [2.75, 3.05) is 13.2 Å². The number of esters is 3. The summed E-state index contributed by atoms with van der Waals surface area (Å²) in [7, 11) is 0. The lowest BCUT2D eigenvalue weighted by atomic mass is 10.1. The van der Waals surface area contributed by atoms with Gasteiger partial charge in [0.1, 0.15) is 13.2 Å². The molecule has 0 amide bonds. The summed E-state index contributed by atoms with van der Waals surface area (Å²) < 4.78 is 16.7. The monoisotopic (exact) mass is 1020 g/mol. The molecule has 0 aliphatic rings. The molecule has 6 nitrogen and oxygen atoms in total. The summed E-state index contributed by atoms with van der Waals surface area (Å²) >= 11 is 0. The van der Waals surface area contributed by atoms with Crippen molar-refractivity contribution in [1.82, 2.24) is 0 Å². The molecule has 0 fully saturated rings. The van der Waals surface area contributed by atoms with E-state index in [9.17, 15) is 14.4 Å². The predicted octanol–water partition coefficient (Wildman–Crippen LogP) is 20.1. The maximum Gasteiger partial charge on any atom is 0.310 e. The Bertz CT molecular complexity index is 1690. The van der Waals surface area contributed by atoms with Crippen molar-refractivity contribution in [2.24, 2.45) is 0 Å². The highest BCUT2D eigenvalue weighted by molar-refractivity contribution is 5.72. The molecule has 0 N–H and O–H groups in total. The number of ether oxygens (including phenoxy) is 3. The lowest BCUT2D eigenvalue weighted by Gasteiger charge is -2.18. The first kappa shape index (κ1) is 69.0. The third kappa shape index (κ3) is 57.9. The van der Waals surface area contributed by atoms with Gasteiger partial charge in [0.05, 0.1) is 6.42 Å². The largest absolute Gasteiger partial charge is 0.462 e. The Morgan fingerprint density at radius 2 is 0.568 bits per heavy atom. The Morgan fingerprint density at radius 3 is 0.892 bits per heavy atom. The van der Waals surface area contributed by atoms with E-state index in [0.717, 1.165) is 122 Å². The van der Waals surface area contributed by atoms with E-state index in [0.29, 0.717) is 19.3 Å². The summed E-state index contributed by atoms with van der Waals surface area (Å²) in [4.78, 5) is 37.9. The van der Waals surface area contributed by atoms with Crippen molar-refractivity contribution >= 4 is 17.9 Å². The average Bonchev–Trinajstić information content (AvgIpc) is 3.40. The molecular formula is C68H106O6. The molecule has 1 unspecified atom stereocenters. The van der Waals surface area contributed by atoms with Crippen molar-refractivity contribution in [3.63, 3.8) is 0 Å². The van der Waals surface area contributed by atoms with Crippen molar-refractivity contribution in [3.8, 4) is 0 Å². The highest BCUT2D eigenvalue weighted by Gasteiger charge is 2.19. The van der Waals surface area contributed by atoms with Crippen LogP contribution >= 0.6 is 0 Å². The zero-order valence-electron chi connectivity index (χ0n) is 47.3. The second-order valence-electron chi connectivity index (χ2n) is 18.8. The fourth-order valence-electron chi connectivity index (χ4n) is 7.47. The van der Waals surface area contributed by atoms with E-state index in [1.165, 1.54) is 64.2 Å². The molecule has 0 rings (SSSR count). The van der Waals surface area contributed by atoms with Gasteiger partial charge in [-0.3, -0.25) is 14.4 Å². The van der Waals surface area contributed by atoms with Crippen LogP contribution in [0.3, 0.4) is 0 Å². The fraction of sp³-hybridized carbons (Fsp3) is 0.574. The van der Waals surface area contributed by atoms with Crippen LogP contribution in [0.2, 0.25) is 0 Å². The van der Waals surface area contributed by atoms with Gasteiger partial charge in [0, 0.05) is 12.8 Å². The van der Waals surface area contributed by atoms with Crippen LogP contribution in [0.1, 0.15) is 233 Å². The van der Waals surface area contributed by atoms with Gasteiger partial charge in [0.15, 0.2) is 6.10 Å². The van der Waals surface area contributed by atoms with E-state index < -0.39 is 12.1 Å². The molecule has 414 valence electrons. The van der Waals surface area contributed by atoms with Crippen molar-refractivity contribution in [1.29, 1.82) is 0 Å². The molecule has 0 aliphatic heterocycles. The van der Waals surface area contributed by atoms with Crippen LogP contribution in [-0.4, -0.2) is 37.2 Å². The topological polar surface area (TPSA) is 78.9 Å². The van der Waals surface area contributed by atoms with Gasteiger partial charge in [-0.05, 0) is 109 Å². The minimum absolute atomic E-state index is 0.0896. The van der Waals surface area contributed by atoms with Gasteiger partial charge in [-0.15, -0.1) is 0 Å². The average molecular weight is 1020 g/mol. The Morgan fingerprint density at radius 1 is 0.297 bits per heavy atom. The zero-order valence-corrected chi connectivity index (χ0v) is 47.3. The standard InChI is InChI=1S/C68H106O6/c1-4-7-10-13-16-19-21-23-25-26-27-28-29-30-31-32-33-34-35-36-37-38-39-40-41-42-44-45-47-49-52-55-58-61-67(70)73-64-65(63-72-66(69)60-57-54-51-18-15-12-9-6-3)74-68(71)62-59-56-53-50-48-46-43-24-22-20-17-14-11-8-5-2/h7-8,10-11,16-17,19-20,23-25,27-28,30-31,33-34,36-37,39-40,43,48,50,56,59,65H,4-6,9,12-15,18,21-22,26,29,32,35,38,41-42,44-47,49,51-55,57-58,60-64H2,1-3H3/b10-7-,11-8-,19-16-,20-17-,25-23-,28-27-,31-30-,34-33-,37-36-,40-39-,43-24-,50-48-,59-56-. The lowest BCUT2D eigenvalue weighted by molar-refractivity contribution is -0.166. The molecule has 0 aromatic carbocycles. The van der Waals surface area contributed by atoms with Crippen molar-refractivity contribution < 1.29 is 28.6 Å². The fourth-order valence-corrected chi connectivity index (χ4v) is 7.47. The first-order valence-electron chi connectivity index (χ1n) is 29.5. The van der Waals surface area contributed by atoms with Crippen LogP contribution in [0, 0.1) is 0 Å². The van der Waals surface area contributed by atoms with Gasteiger partial charge < -0.3 is 14.2 Å². The number of carbonyl (C=O) groups excluding carboxylic acids is 3. The minimum atomic E-state index is -0.839. The van der Waals surface area contributed by atoms with Crippen molar-refractivity contribution in [2.45, 2.75) is 239 Å². The third-order valence-corrected chi connectivity index (χ3v) is 11.8. The van der Waals surface area contributed by atoms with Gasteiger partial charge in [0.2, 0.25) is 0 Å². The maximum atomic E-state index is 12.7. The summed E-state index contributed by atoms with van der Waals surface area (Å²) in [5, 5.41) is 0. The molecule has 0 saturated heterocycles. The quantitative estimate of drug-likeness (QED) is 0.0261. The molecule has 0 aliphatic carbocycles. The van der Waals surface area contributed by atoms with E-state index in [1.807, 2.05) is 6.08 Å². The summed E-state index contributed by atoms with van der Waals surface area (Å²) in [6.45, 7) is 6.27. The molecule has 0 aromatic heterocycles. The Hall–Kier alpha value is -4.97. The molecule has 1 atom stereocenters. The van der Waals surface area contributed by atoms with Crippen molar-refractivity contribution in [3.05, 3.63) is 158 Å². The van der Waals surface area contributed by atoms with E-state index in [2.05, 4.69) is 167 Å². The second-order valence-corrected chi connectivity index (χ2v) is 18.8. The number of hydrogen-bond acceptors (Lipinski definition) is 6. The number of unbranched alkanes of at least 4 members (excludes halogenated alkanes) is 15. The minimum Gasteiger partial charge on any atom is -0.462 e. The first-order chi connectivity index (χ1) is 36.5. The third-order valence-electron chi connectivity index (χ3n) is 11.8. The molecule has 0 bridgehead atoms. The second kappa shape index (κ2) is 60.6. The molecule has 0 spiro atoms. The van der Waals surface area contributed by atoms with E-state index in [1.54, 1.807) is 6.08 Å². The molecule has 6 heteroatoms. The molecule has 0 saturated carbocycles. The summed E-state index contributed by atoms with van der Waals surface area (Å²) in [5.74, 6) is -1.08. The Balaban J connectivity index is 4.26. The Labute approximate surface area is 454 Å². The molecular weight excluding hydrogens is 913 g/mol. The van der Waals surface area contributed by atoms with Gasteiger partial charge in [0.25, 0.3) is 0 Å². The Kier molecular flexibility index (Phi) is 56.5. The van der Waals surface area contributed by atoms with Gasteiger partial charge >= 0.3 is 17.9 Å². The van der Waals surface area contributed by atoms with E-state index >= 15 is 0 Å². The number of rotatable bonds is 51. The summed E-state index contributed by atoms with van der Waals surface area (Å²) in [6, 6.07) is 0. The number of carbonyl (C=O) groups is 3. The van der Waals surface area contributed by atoms with Crippen LogP contribution in [-0.2, 0) is 28.6 Å². The van der Waals surface area contributed by atoms with Crippen LogP contribution in [0.25, 0.3) is 0 Å². The van der Waals surface area contributed by atoms with Crippen LogP contribution in [0.5, 0.6) is 0 Å². The first-order valence-corrected chi connectivity index (χ1v) is 29.5. The highest BCUT2D eigenvalue weighted by atomic mass is 16.6. The van der Waals surface area contributed by atoms with Gasteiger partial charge in [-0.25, -0.2) is 0 Å². The van der Waals surface area contributed by atoms with Gasteiger partial charge in [-0.2, -0.15) is 0 Å². The summed E-state index contributed by atoms with van der Waals surface area (Å²) in [5.41, 5.74) is 0. The SMILES string of the molecule is CC/C=C\C/C=C\C/C=C\C/C=C\C/C=C\C/C=C\C/C=C\C/C=C\CCCCCCCCCCC(=O)OCC(COC(=O)CCCCCCCCCC)OC(=O)C/C=C\C/C=C\C/C=C\C/C=C\C/C=C\CC. The smallest absolute Gasteiger partial charge is 0.310 e. The van der Waals surface area contributed by atoms with Crippen LogP contribution in [0.15, 0.2) is 158 Å². The molecule has 74 heavy (non-hydrogen) atoms. The molecule has 0 heterocycles. The summed E-state index contributed by atoms with van der Waals surface area (Å²) in [6.07, 6.45) is 88.6. The number of allylic oxidation sites excluding steroid dienone is 25. The normalized spacial score (nSPS) is 13.3. The number of hydrogen-bond donors (Lipinski definition) is 0. The highest BCUT2D eigenvalue weighted by Crippen LogP contribution is 2.13. The maximum absolute atomic E-state index is 12.7.